The van der Waals surface area contributed by atoms with Gasteiger partial charge in [0.25, 0.3) is 5.56 Å². The molecule has 1 aromatic heterocycles. The van der Waals surface area contributed by atoms with Crippen LogP contribution in [0.3, 0.4) is 0 Å². The minimum absolute atomic E-state index is 0.0466. The van der Waals surface area contributed by atoms with Gasteiger partial charge < -0.3 is 14.4 Å². The smallest absolute Gasteiger partial charge is 0.260 e. The first kappa shape index (κ1) is 23.6. The molecule has 0 aliphatic heterocycles. The normalized spacial score (nSPS) is 11.5. The molecule has 2 N–H and O–H groups in total. The van der Waals surface area contributed by atoms with Gasteiger partial charge in [0.05, 0.1) is 30.9 Å². The molecule has 0 saturated carbocycles. The molecule has 0 fully saturated rings. The summed E-state index contributed by atoms with van der Waals surface area (Å²) in [5, 5.41) is 0.457. The number of ether oxygens (including phenoxy) is 2. The van der Waals surface area contributed by atoms with E-state index in [4.69, 9.17) is 9.47 Å². The Balaban J connectivity index is 1.82. The van der Waals surface area contributed by atoms with Crippen molar-refractivity contribution < 1.29 is 17.9 Å². The number of anilines is 1. The topological polar surface area (TPSA) is 114 Å². The summed E-state index contributed by atoms with van der Waals surface area (Å²) < 4.78 is 36.5. The van der Waals surface area contributed by atoms with Crippen molar-refractivity contribution >= 4 is 26.9 Å². The van der Waals surface area contributed by atoms with Gasteiger partial charge in [-0.15, -0.1) is 0 Å². The molecule has 0 atom stereocenters. The van der Waals surface area contributed by atoms with Crippen molar-refractivity contribution in [2.45, 2.75) is 26.9 Å². The van der Waals surface area contributed by atoms with Gasteiger partial charge in [0, 0.05) is 31.8 Å². The highest BCUT2D eigenvalue weighted by molar-refractivity contribution is 7.89. The van der Waals surface area contributed by atoms with Gasteiger partial charge in [-0.1, -0.05) is 24.3 Å². The fourth-order valence-electron chi connectivity index (χ4n) is 3.43. The van der Waals surface area contributed by atoms with E-state index >= 15 is 0 Å². The maximum absolute atomic E-state index is 12.8. The number of benzene rings is 2. The lowest BCUT2D eigenvalue weighted by atomic mass is 10.1. The van der Waals surface area contributed by atoms with Gasteiger partial charge in [0.1, 0.15) is 0 Å². The van der Waals surface area contributed by atoms with E-state index in [1.807, 2.05) is 36.2 Å². The van der Waals surface area contributed by atoms with Gasteiger partial charge >= 0.3 is 0 Å². The molecule has 9 nitrogen and oxygen atoms in total. The van der Waals surface area contributed by atoms with Crippen molar-refractivity contribution in [3.63, 3.8) is 0 Å². The fourth-order valence-corrected chi connectivity index (χ4v) is 4.02. The summed E-state index contributed by atoms with van der Waals surface area (Å²) in [6, 6.07) is 9.28. The average molecular weight is 461 g/mol. The number of aromatic nitrogens is 2. The highest BCUT2D eigenvalue weighted by atomic mass is 32.2. The molecule has 10 heteroatoms. The van der Waals surface area contributed by atoms with E-state index in [0.717, 1.165) is 11.1 Å². The SMILES string of the molecule is CCS(=O)(=O)NCc1ccc(CN(C)c2nc3cc(OC)c(OC)c(C)c3c(=O)[nH]2)cc1. The summed E-state index contributed by atoms with van der Waals surface area (Å²) in [6.07, 6.45) is 0. The number of aryl methyl sites for hydroxylation is 1. The molecular weight excluding hydrogens is 432 g/mol. The standard InChI is InChI=1S/C22H28N4O5S/c1-6-32(28,29)23-12-15-7-9-16(10-8-15)13-26(3)22-24-17-11-18(30-4)20(31-5)14(2)19(17)21(27)25-22/h7-11,23H,6,12-13H2,1-5H3,(H,24,25,27). The molecule has 2 aromatic carbocycles. The zero-order chi connectivity index (χ0) is 23.5. The molecular formula is C22H28N4O5S. The predicted octanol–water partition coefficient (Wildman–Crippen LogP) is 2.32. The van der Waals surface area contributed by atoms with Gasteiger partial charge in [0.15, 0.2) is 11.5 Å². The summed E-state index contributed by atoms with van der Waals surface area (Å²) in [5.74, 6) is 1.49. The first-order valence-electron chi connectivity index (χ1n) is 10.1. The molecule has 3 rings (SSSR count). The zero-order valence-corrected chi connectivity index (χ0v) is 19.7. The minimum Gasteiger partial charge on any atom is -0.493 e. The number of aromatic amines is 1. The van der Waals surface area contributed by atoms with E-state index < -0.39 is 10.0 Å². The van der Waals surface area contributed by atoms with Crippen LogP contribution in [0.4, 0.5) is 5.95 Å². The van der Waals surface area contributed by atoms with E-state index in [2.05, 4.69) is 14.7 Å². The maximum Gasteiger partial charge on any atom is 0.260 e. The van der Waals surface area contributed by atoms with Crippen LogP contribution in [0.15, 0.2) is 35.1 Å². The molecule has 32 heavy (non-hydrogen) atoms. The Morgan fingerprint density at radius 1 is 1.12 bits per heavy atom. The van der Waals surface area contributed by atoms with Crippen molar-refractivity contribution in [3.05, 3.63) is 57.4 Å². The highest BCUT2D eigenvalue weighted by Gasteiger charge is 2.17. The van der Waals surface area contributed by atoms with Gasteiger partial charge in [-0.2, -0.15) is 0 Å². The third-order valence-corrected chi connectivity index (χ3v) is 6.59. The maximum atomic E-state index is 12.8. The molecule has 0 aliphatic carbocycles. The lowest BCUT2D eigenvalue weighted by molar-refractivity contribution is 0.354. The fraction of sp³-hybridized carbons (Fsp3) is 0.364. The summed E-state index contributed by atoms with van der Waals surface area (Å²) >= 11 is 0. The number of hydrogen-bond donors (Lipinski definition) is 2. The van der Waals surface area contributed by atoms with E-state index in [9.17, 15) is 13.2 Å². The van der Waals surface area contributed by atoms with E-state index in [1.165, 1.54) is 7.11 Å². The molecule has 0 radical (unpaired) electrons. The summed E-state index contributed by atoms with van der Waals surface area (Å²) in [5.41, 5.74) is 2.78. The van der Waals surface area contributed by atoms with E-state index in [-0.39, 0.29) is 17.9 Å². The molecule has 0 bridgehead atoms. The van der Waals surface area contributed by atoms with Crippen LogP contribution in [-0.4, -0.2) is 45.4 Å². The van der Waals surface area contributed by atoms with Crippen LogP contribution in [0.25, 0.3) is 10.9 Å². The summed E-state index contributed by atoms with van der Waals surface area (Å²) in [4.78, 5) is 22.1. The number of sulfonamides is 1. The quantitative estimate of drug-likeness (QED) is 0.504. The Morgan fingerprint density at radius 3 is 2.38 bits per heavy atom. The van der Waals surface area contributed by atoms with Crippen molar-refractivity contribution in [3.8, 4) is 11.5 Å². The van der Waals surface area contributed by atoms with Crippen molar-refractivity contribution in [2.75, 3.05) is 31.9 Å². The van der Waals surface area contributed by atoms with Crippen LogP contribution in [0, 0.1) is 6.92 Å². The van der Waals surface area contributed by atoms with E-state index in [0.29, 0.717) is 40.5 Å². The Morgan fingerprint density at radius 2 is 1.78 bits per heavy atom. The van der Waals surface area contributed by atoms with Crippen molar-refractivity contribution in [1.29, 1.82) is 0 Å². The van der Waals surface area contributed by atoms with Crippen molar-refractivity contribution in [2.24, 2.45) is 0 Å². The van der Waals surface area contributed by atoms with Crippen molar-refractivity contribution in [1.82, 2.24) is 14.7 Å². The lowest BCUT2D eigenvalue weighted by Gasteiger charge is -2.19. The van der Waals surface area contributed by atoms with Crippen LogP contribution >= 0.6 is 0 Å². The zero-order valence-electron chi connectivity index (χ0n) is 18.9. The first-order valence-corrected chi connectivity index (χ1v) is 11.8. The first-order chi connectivity index (χ1) is 15.2. The predicted molar refractivity (Wildman–Crippen MR) is 125 cm³/mol. The lowest BCUT2D eigenvalue weighted by Crippen LogP contribution is -2.25. The molecule has 0 unspecified atom stereocenters. The number of rotatable bonds is 9. The van der Waals surface area contributed by atoms with Gasteiger partial charge in [0.2, 0.25) is 16.0 Å². The van der Waals surface area contributed by atoms with Gasteiger partial charge in [-0.05, 0) is 25.0 Å². The summed E-state index contributed by atoms with van der Waals surface area (Å²) in [7, 11) is 1.67. The van der Waals surface area contributed by atoms with Crippen LogP contribution in [-0.2, 0) is 23.1 Å². The second-order valence-corrected chi connectivity index (χ2v) is 9.51. The third kappa shape index (κ3) is 5.03. The number of H-pyrrole nitrogens is 1. The molecule has 0 aliphatic rings. The molecule has 0 amide bonds. The number of nitrogens with one attached hydrogen (secondary N) is 2. The van der Waals surface area contributed by atoms with Crippen LogP contribution in [0.1, 0.15) is 23.6 Å². The minimum atomic E-state index is -3.23. The van der Waals surface area contributed by atoms with Crippen LogP contribution < -0.4 is 24.7 Å². The highest BCUT2D eigenvalue weighted by Crippen LogP contribution is 2.35. The number of methoxy groups -OCH3 is 2. The van der Waals surface area contributed by atoms with Gasteiger partial charge in [-0.3, -0.25) is 9.78 Å². The molecule has 172 valence electrons. The molecule has 3 aromatic rings. The Hall–Kier alpha value is -3.11. The largest absolute Gasteiger partial charge is 0.493 e. The Kier molecular flexibility index (Phi) is 7.05. The third-order valence-electron chi connectivity index (χ3n) is 5.25. The van der Waals surface area contributed by atoms with E-state index in [1.54, 1.807) is 27.0 Å². The molecule has 1 heterocycles. The van der Waals surface area contributed by atoms with Crippen LogP contribution in [0.5, 0.6) is 11.5 Å². The number of hydrogen-bond acceptors (Lipinski definition) is 7. The second kappa shape index (κ2) is 9.58. The van der Waals surface area contributed by atoms with Gasteiger partial charge in [-0.25, -0.2) is 18.1 Å². The summed E-state index contributed by atoms with van der Waals surface area (Å²) in [6.45, 7) is 4.14. The average Bonchev–Trinajstić information content (AvgIpc) is 2.78. The number of nitrogens with zero attached hydrogens (tertiary/aromatic N) is 2. The van der Waals surface area contributed by atoms with Crippen LogP contribution in [0.2, 0.25) is 0 Å². The number of fused-ring (bicyclic) bond motifs is 1. The second-order valence-electron chi connectivity index (χ2n) is 7.42. The Labute approximate surface area is 187 Å². The molecule has 0 spiro atoms. The Bertz CT molecular complexity index is 1270. The monoisotopic (exact) mass is 460 g/mol. The molecule has 0 saturated heterocycles.